The maximum atomic E-state index is 11.0. The molecule has 1 amide bonds. The van der Waals surface area contributed by atoms with E-state index < -0.39 is 0 Å². The first-order valence-electron chi connectivity index (χ1n) is 3.30. The highest BCUT2D eigenvalue weighted by atomic mass is 16.2. The first-order chi connectivity index (χ1) is 5.29. The third kappa shape index (κ3) is 0.756. The van der Waals surface area contributed by atoms with Crippen LogP contribution in [0.15, 0.2) is 12.3 Å². The van der Waals surface area contributed by atoms with Gasteiger partial charge in [0.25, 0.3) is 5.91 Å². The molecule has 56 valence electrons. The van der Waals surface area contributed by atoms with Crippen LogP contribution in [-0.2, 0) is 6.54 Å². The molecule has 11 heavy (non-hydrogen) atoms. The zero-order valence-corrected chi connectivity index (χ0v) is 5.79. The molecule has 4 nitrogen and oxygen atoms in total. The maximum absolute atomic E-state index is 11.0. The molecule has 0 aromatic carbocycles. The molecule has 1 aliphatic rings. The van der Waals surface area contributed by atoms with E-state index in [2.05, 4.69) is 10.3 Å². The van der Waals surface area contributed by atoms with Crippen molar-refractivity contribution in [2.45, 2.75) is 6.54 Å². The van der Waals surface area contributed by atoms with E-state index in [1.54, 1.807) is 12.3 Å². The number of carbonyl (C=O) groups excluding carboxylic acids is 1. The van der Waals surface area contributed by atoms with Crippen LogP contribution in [0.1, 0.15) is 16.1 Å². The van der Waals surface area contributed by atoms with Gasteiger partial charge in [-0.05, 0) is 6.07 Å². The van der Waals surface area contributed by atoms with Gasteiger partial charge in [0.1, 0.15) is 5.69 Å². The molecule has 1 aliphatic heterocycles. The molecule has 3 N–H and O–H groups in total. The molecule has 1 aromatic rings. The number of carbonyl (C=O) groups is 1. The average Bonchev–Trinajstić information content (AvgIpc) is 2.35. The van der Waals surface area contributed by atoms with Crippen LogP contribution in [0.2, 0.25) is 0 Å². The van der Waals surface area contributed by atoms with Crippen molar-refractivity contribution < 1.29 is 4.79 Å². The highest BCUT2D eigenvalue weighted by Gasteiger charge is 2.21. The van der Waals surface area contributed by atoms with Gasteiger partial charge in [0.2, 0.25) is 0 Å². The van der Waals surface area contributed by atoms with Gasteiger partial charge in [0.15, 0.2) is 0 Å². The number of hydrogen-bond acceptors (Lipinski definition) is 3. The summed E-state index contributed by atoms with van der Waals surface area (Å²) in [6.07, 6.45) is 1.54. The number of rotatable bonds is 0. The lowest BCUT2D eigenvalue weighted by Crippen LogP contribution is -2.13. The Morgan fingerprint density at radius 2 is 2.45 bits per heavy atom. The van der Waals surface area contributed by atoms with Crippen LogP contribution < -0.4 is 11.1 Å². The summed E-state index contributed by atoms with van der Waals surface area (Å²) < 4.78 is 0. The van der Waals surface area contributed by atoms with Crippen molar-refractivity contribution in [3.63, 3.8) is 0 Å². The summed E-state index contributed by atoms with van der Waals surface area (Å²) in [5.74, 6) is -0.132. The number of fused-ring (bicyclic) bond motifs is 1. The number of aromatic nitrogens is 1. The summed E-state index contributed by atoms with van der Waals surface area (Å²) in [5, 5.41) is 2.64. The minimum absolute atomic E-state index is 0.132. The second-order valence-corrected chi connectivity index (χ2v) is 2.41. The second kappa shape index (κ2) is 1.95. The lowest BCUT2D eigenvalue weighted by atomic mass is 10.2. The van der Waals surface area contributed by atoms with Crippen LogP contribution in [0.5, 0.6) is 0 Å². The fraction of sp³-hybridized carbons (Fsp3) is 0.143. The van der Waals surface area contributed by atoms with E-state index in [4.69, 9.17) is 5.73 Å². The smallest absolute Gasteiger partial charge is 0.270 e. The Hall–Kier alpha value is -1.58. The van der Waals surface area contributed by atoms with Crippen LogP contribution in [0.25, 0.3) is 0 Å². The second-order valence-electron chi connectivity index (χ2n) is 2.41. The normalized spacial score (nSPS) is 14.4. The monoisotopic (exact) mass is 149 g/mol. The fourth-order valence-corrected chi connectivity index (χ4v) is 1.14. The summed E-state index contributed by atoms with van der Waals surface area (Å²) >= 11 is 0. The molecule has 4 heteroatoms. The summed E-state index contributed by atoms with van der Waals surface area (Å²) in [6, 6.07) is 1.69. The lowest BCUT2D eigenvalue weighted by Gasteiger charge is -1.97. The number of nitrogens with one attached hydrogen (secondary N) is 1. The van der Waals surface area contributed by atoms with Crippen molar-refractivity contribution >= 4 is 11.6 Å². The average molecular weight is 149 g/mol. The van der Waals surface area contributed by atoms with Crippen molar-refractivity contribution in [3.05, 3.63) is 23.5 Å². The molecule has 0 bridgehead atoms. The minimum Gasteiger partial charge on any atom is -0.398 e. The molecule has 0 saturated carbocycles. The highest BCUT2D eigenvalue weighted by molar-refractivity contribution is 5.97. The van der Waals surface area contributed by atoms with Gasteiger partial charge < -0.3 is 11.1 Å². The fourth-order valence-electron chi connectivity index (χ4n) is 1.14. The summed E-state index contributed by atoms with van der Waals surface area (Å²) in [4.78, 5) is 14.9. The van der Waals surface area contributed by atoms with Crippen LogP contribution in [-0.4, -0.2) is 10.9 Å². The highest BCUT2D eigenvalue weighted by Crippen LogP contribution is 2.18. The van der Waals surface area contributed by atoms with Crippen LogP contribution in [0.4, 0.5) is 5.69 Å². The van der Waals surface area contributed by atoms with E-state index >= 15 is 0 Å². The molecule has 2 rings (SSSR count). The third-order valence-electron chi connectivity index (χ3n) is 1.73. The number of nitrogens with two attached hydrogens (primary N) is 1. The number of nitrogen functional groups attached to an aromatic ring is 1. The quantitative estimate of drug-likeness (QED) is 0.541. The molecule has 2 heterocycles. The number of pyridine rings is 1. The predicted molar refractivity (Wildman–Crippen MR) is 39.8 cm³/mol. The Labute approximate surface area is 63.4 Å². The number of anilines is 1. The first kappa shape index (κ1) is 6.15. The summed E-state index contributed by atoms with van der Waals surface area (Å²) in [6.45, 7) is 0.508. The summed E-state index contributed by atoms with van der Waals surface area (Å²) in [5.41, 5.74) is 7.51. The Morgan fingerprint density at radius 1 is 1.64 bits per heavy atom. The van der Waals surface area contributed by atoms with Gasteiger partial charge in [-0.3, -0.25) is 9.78 Å². The Balaban J connectivity index is 2.66. The number of nitrogens with zero attached hydrogens (tertiary/aromatic N) is 1. The predicted octanol–water partition coefficient (Wildman–Crippen LogP) is -0.0928. The standard InChI is InChI=1S/C7H7N3O/c8-5-1-2-9-6-4(5)3-10-7(6)11/h1-2H,3H2,(H2,8,9)(H,10,11). The van der Waals surface area contributed by atoms with Crippen LogP contribution in [0.3, 0.4) is 0 Å². The SMILES string of the molecule is Nc1ccnc2c1CNC2=O. The molecule has 0 unspecified atom stereocenters. The van der Waals surface area contributed by atoms with E-state index in [0.29, 0.717) is 17.9 Å². The number of hydrogen-bond donors (Lipinski definition) is 2. The lowest BCUT2D eigenvalue weighted by molar-refractivity contribution is 0.0961. The molecule has 0 saturated heterocycles. The topological polar surface area (TPSA) is 68.0 Å². The van der Waals surface area contributed by atoms with E-state index in [0.717, 1.165) is 5.56 Å². The molecule has 0 aliphatic carbocycles. The molecule has 0 atom stereocenters. The van der Waals surface area contributed by atoms with Gasteiger partial charge >= 0.3 is 0 Å². The minimum atomic E-state index is -0.132. The molecular weight excluding hydrogens is 142 g/mol. The zero-order chi connectivity index (χ0) is 7.84. The number of amides is 1. The summed E-state index contributed by atoms with van der Waals surface area (Å²) in [7, 11) is 0. The van der Waals surface area contributed by atoms with Gasteiger partial charge in [-0.15, -0.1) is 0 Å². The maximum Gasteiger partial charge on any atom is 0.270 e. The first-order valence-corrected chi connectivity index (χ1v) is 3.30. The third-order valence-corrected chi connectivity index (χ3v) is 1.73. The van der Waals surface area contributed by atoms with Crippen molar-refractivity contribution in [3.8, 4) is 0 Å². The Morgan fingerprint density at radius 3 is 3.18 bits per heavy atom. The van der Waals surface area contributed by atoms with E-state index in [1.807, 2.05) is 0 Å². The van der Waals surface area contributed by atoms with Crippen molar-refractivity contribution in [1.29, 1.82) is 0 Å². The van der Waals surface area contributed by atoms with Gasteiger partial charge in [0, 0.05) is 24.0 Å². The van der Waals surface area contributed by atoms with Gasteiger partial charge in [0.05, 0.1) is 0 Å². The molecule has 1 aromatic heterocycles. The van der Waals surface area contributed by atoms with Crippen LogP contribution in [0, 0.1) is 0 Å². The van der Waals surface area contributed by atoms with Crippen molar-refractivity contribution in [2.75, 3.05) is 5.73 Å². The van der Waals surface area contributed by atoms with Gasteiger partial charge in [-0.2, -0.15) is 0 Å². The van der Waals surface area contributed by atoms with E-state index in [9.17, 15) is 4.79 Å². The van der Waals surface area contributed by atoms with Gasteiger partial charge in [-0.25, -0.2) is 0 Å². The molecule has 0 radical (unpaired) electrons. The largest absolute Gasteiger partial charge is 0.398 e. The Bertz CT molecular complexity index is 321. The molecule has 0 spiro atoms. The van der Waals surface area contributed by atoms with E-state index in [-0.39, 0.29) is 5.91 Å². The Kier molecular flexibility index (Phi) is 1.09. The van der Waals surface area contributed by atoms with Gasteiger partial charge in [-0.1, -0.05) is 0 Å². The molecule has 0 fully saturated rings. The molecular formula is C7H7N3O. The van der Waals surface area contributed by atoms with Crippen molar-refractivity contribution in [2.24, 2.45) is 0 Å². The zero-order valence-electron chi connectivity index (χ0n) is 5.79. The van der Waals surface area contributed by atoms with E-state index in [1.165, 1.54) is 0 Å². The van der Waals surface area contributed by atoms with Crippen LogP contribution >= 0.6 is 0 Å². The van der Waals surface area contributed by atoms with Crippen molar-refractivity contribution in [1.82, 2.24) is 10.3 Å².